The summed E-state index contributed by atoms with van der Waals surface area (Å²) in [5.74, 6) is -0.999. The van der Waals surface area contributed by atoms with Crippen molar-refractivity contribution >= 4 is 35.0 Å². The first kappa shape index (κ1) is 29.7. The molecule has 3 aliphatic heterocycles. The summed E-state index contributed by atoms with van der Waals surface area (Å²) in [4.78, 5) is 66.2. The quantitative estimate of drug-likeness (QED) is 0.481. The zero-order valence-corrected chi connectivity index (χ0v) is 26.1. The number of amides is 4. The number of hydrazine groups is 1. The Balaban J connectivity index is 1.11. The van der Waals surface area contributed by atoms with E-state index in [0.29, 0.717) is 55.0 Å². The van der Waals surface area contributed by atoms with Gasteiger partial charge in [0.25, 0.3) is 5.91 Å². The molecule has 0 bridgehead atoms. The zero-order chi connectivity index (χ0) is 30.5. The van der Waals surface area contributed by atoms with Crippen molar-refractivity contribution in [2.45, 2.75) is 59.3 Å². The number of hydrogen-bond donors (Lipinski definition) is 2. The third kappa shape index (κ3) is 5.91. The Bertz CT molecular complexity index is 1440. The number of aryl methyl sites for hydroxylation is 2. The van der Waals surface area contributed by atoms with Gasteiger partial charge >= 0.3 is 0 Å². The molecule has 2 N–H and O–H groups in total. The van der Waals surface area contributed by atoms with E-state index in [1.54, 1.807) is 4.90 Å². The smallest absolute Gasteiger partial charge is 0.265 e. The molecule has 4 aliphatic rings. The van der Waals surface area contributed by atoms with Gasteiger partial charge in [-0.05, 0) is 50.7 Å². The van der Waals surface area contributed by atoms with Crippen LogP contribution in [0, 0.1) is 36.5 Å². The molecule has 5 heterocycles. The summed E-state index contributed by atoms with van der Waals surface area (Å²) in [7, 11) is 0. The summed E-state index contributed by atoms with van der Waals surface area (Å²) >= 11 is 1.35. The highest BCUT2D eigenvalue weighted by Gasteiger charge is 2.62. The lowest BCUT2D eigenvalue weighted by Gasteiger charge is -2.50. The predicted molar refractivity (Wildman–Crippen MR) is 159 cm³/mol. The molecule has 11 nitrogen and oxygen atoms in total. The maximum Gasteiger partial charge on any atom is 0.265 e. The largest absolute Gasteiger partial charge is 0.381 e. The van der Waals surface area contributed by atoms with Crippen LogP contribution >= 0.6 is 11.3 Å². The minimum absolute atomic E-state index is 0.0110. The number of pyridine rings is 1. The first-order valence-electron chi connectivity index (χ1n) is 15.1. The van der Waals surface area contributed by atoms with Crippen LogP contribution in [-0.4, -0.2) is 82.8 Å². The standard InChI is InChI=1S/C31H40N6O5S/c1-18-26(43-19(2)32-18)29(41)36-14-23(31(15-36)16-37(17-31)28(40)22-13-30(22,3)4)27(39)35-34-25(38)12-21-6-5-7-24(33-21)20-8-10-42-11-9-20/h5-7,20,22-23H,8-17H2,1-4H3,(H,34,38)(H,35,39)/t22-,23?/m1/s1. The number of hydrogen-bond acceptors (Lipinski definition) is 8. The average Bonchev–Trinajstić information content (AvgIpc) is 3.26. The van der Waals surface area contributed by atoms with Crippen LogP contribution in [0.25, 0.3) is 0 Å². The van der Waals surface area contributed by atoms with Gasteiger partial charge in [-0.25, -0.2) is 4.98 Å². The van der Waals surface area contributed by atoms with Gasteiger partial charge in [0, 0.05) is 62.3 Å². The molecule has 0 radical (unpaired) electrons. The Morgan fingerprint density at radius 1 is 1.00 bits per heavy atom. The highest BCUT2D eigenvalue weighted by atomic mass is 32.1. The average molecular weight is 609 g/mol. The van der Waals surface area contributed by atoms with Crippen molar-refractivity contribution in [3.05, 3.63) is 45.2 Å². The fourth-order valence-corrected chi connectivity index (χ4v) is 7.79. The van der Waals surface area contributed by atoms with Crippen molar-refractivity contribution in [2.24, 2.45) is 22.7 Å². The van der Waals surface area contributed by atoms with Crippen LogP contribution in [0.4, 0.5) is 0 Å². The second kappa shape index (κ2) is 11.3. The molecule has 1 unspecified atom stereocenters. The van der Waals surface area contributed by atoms with Crippen molar-refractivity contribution in [3.8, 4) is 0 Å². The number of carbonyl (C=O) groups is 4. The number of nitrogens with one attached hydrogen (secondary N) is 2. The lowest BCUT2D eigenvalue weighted by atomic mass is 9.71. The Morgan fingerprint density at radius 2 is 1.70 bits per heavy atom. The van der Waals surface area contributed by atoms with E-state index in [1.807, 2.05) is 36.9 Å². The zero-order valence-electron chi connectivity index (χ0n) is 25.3. The van der Waals surface area contributed by atoms with E-state index in [2.05, 4.69) is 29.7 Å². The molecule has 1 saturated carbocycles. The van der Waals surface area contributed by atoms with Crippen LogP contribution < -0.4 is 10.9 Å². The van der Waals surface area contributed by atoms with E-state index in [9.17, 15) is 19.2 Å². The van der Waals surface area contributed by atoms with E-state index in [-0.39, 0.29) is 47.9 Å². The number of ether oxygens (including phenoxy) is 1. The SMILES string of the molecule is Cc1nc(C)c(C(=O)N2CC(C(=O)NNC(=O)Cc3cccc(C4CCOCC4)n3)C3(C2)CN(C(=O)[C@H]2CC2(C)C)C3)s1. The number of thiazole rings is 1. The van der Waals surface area contributed by atoms with Gasteiger partial charge in [0.05, 0.1) is 28.7 Å². The van der Waals surface area contributed by atoms with Crippen molar-refractivity contribution in [1.29, 1.82) is 0 Å². The maximum atomic E-state index is 13.6. The number of nitrogens with zero attached hydrogens (tertiary/aromatic N) is 4. The molecule has 1 spiro atoms. The van der Waals surface area contributed by atoms with Gasteiger partial charge in [-0.3, -0.25) is 35.0 Å². The number of carbonyl (C=O) groups excluding carboxylic acids is 4. The monoisotopic (exact) mass is 608 g/mol. The highest BCUT2D eigenvalue weighted by molar-refractivity contribution is 7.13. The number of rotatable bonds is 6. The second-order valence-electron chi connectivity index (χ2n) is 13.3. The van der Waals surface area contributed by atoms with Crippen molar-refractivity contribution < 1.29 is 23.9 Å². The van der Waals surface area contributed by atoms with E-state index in [4.69, 9.17) is 9.72 Å². The molecular formula is C31H40N6O5S. The Kier molecular flexibility index (Phi) is 7.78. The highest BCUT2D eigenvalue weighted by Crippen LogP contribution is 2.54. The fraction of sp³-hybridized carbons (Fsp3) is 0.613. The number of aromatic nitrogens is 2. The van der Waals surface area contributed by atoms with Crippen molar-refractivity contribution in [2.75, 3.05) is 39.4 Å². The molecule has 0 aromatic carbocycles. The summed E-state index contributed by atoms with van der Waals surface area (Å²) in [6.07, 6.45) is 2.71. The molecule has 4 fully saturated rings. The summed E-state index contributed by atoms with van der Waals surface area (Å²) in [5, 5.41) is 0.812. The van der Waals surface area contributed by atoms with Gasteiger partial charge in [0.15, 0.2) is 0 Å². The Labute approximate surface area is 255 Å². The first-order chi connectivity index (χ1) is 20.5. The van der Waals surface area contributed by atoms with E-state index in [1.165, 1.54) is 11.3 Å². The summed E-state index contributed by atoms with van der Waals surface area (Å²) < 4.78 is 5.45. The third-order valence-corrected chi connectivity index (χ3v) is 10.7. The molecule has 6 rings (SSSR count). The van der Waals surface area contributed by atoms with Crippen molar-refractivity contribution in [3.63, 3.8) is 0 Å². The van der Waals surface area contributed by atoms with E-state index >= 15 is 0 Å². The molecule has 2 aromatic heterocycles. The lowest BCUT2D eigenvalue weighted by molar-refractivity contribution is -0.152. The van der Waals surface area contributed by atoms with Gasteiger partial charge in [0.1, 0.15) is 4.88 Å². The normalized spacial score (nSPS) is 24.0. The Hall–Kier alpha value is -3.38. The predicted octanol–water partition coefficient (Wildman–Crippen LogP) is 2.39. The minimum Gasteiger partial charge on any atom is -0.381 e. The molecule has 1 aliphatic carbocycles. The topological polar surface area (TPSA) is 134 Å². The third-order valence-electron chi connectivity index (χ3n) is 9.62. The van der Waals surface area contributed by atoms with Gasteiger partial charge in [-0.1, -0.05) is 19.9 Å². The van der Waals surface area contributed by atoms with Crippen LogP contribution in [0.5, 0.6) is 0 Å². The maximum absolute atomic E-state index is 13.6. The molecule has 3 saturated heterocycles. The minimum atomic E-state index is -0.572. The molecular weight excluding hydrogens is 568 g/mol. The van der Waals surface area contributed by atoms with Crippen LogP contribution in [0.3, 0.4) is 0 Å². The molecule has 2 aromatic rings. The summed E-state index contributed by atoms with van der Waals surface area (Å²) in [6, 6.07) is 5.70. The molecule has 12 heteroatoms. The van der Waals surface area contributed by atoms with Gasteiger partial charge < -0.3 is 14.5 Å². The van der Waals surface area contributed by atoms with Crippen LogP contribution in [0.2, 0.25) is 0 Å². The molecule has 4 amide bonds. The van der Waals surface area contributed by atoms with Crippen molar-refractivity contribution in [1.82, 2.24) is 30.6 Å². The second-order valence-corrected chi connectivity index (χ2v) is 14.5. The fourth-order valence-electron chi connectivity index (χ4n) is 6.90. The molecule has 43 heavy (non-hydrogen) atoms. The van der Waals surface area contributed by atoms with Crippen LogP contribution in [0.15, 0.2) is 18.2 Å². The number of likely N-dealkylation sites (tertiary alicyclic amines) is 2. The Morgan fingerprint density at radius 3 is 2.35 bits per heavy atom. The summed E-state index contributed by atoms with van der Waals surface area (Å²) in [6.45, 7) is 10.7. The van der Waals surface area contributed by atoms with Gasteiger partial charge in [-0.15, -0.1) is 11.3 Å². The lowest BCUT2D eigenvalue weighted by Crippen LogP contribution is -2.65. The van der Waals surface area contributed by atoms with E-state index < -0.39 is 11.3 Å². The summed E-state index contributed by atoms with van der Waals surface area (Å²) in [5.41, 5.74) is 6.91. The van der Waals surface area contributed by atoms with Gasteiger partial charge in [-0.2, -0.15) is 0 Å². The van der Waals surface area contributed by atoms with Gasteiger partial charge in [0.2, 0.25) is 17.7 Å². The van der Waals surface area contributed by atoms with Crippen LogP contribution in [0.1, 0.15) is 70.8 Å². The molecule has 230 valence electrons. The van der Waals surface area contributed by atoms with Crippen LogP contribution in [-0.2, 0) is 25.5 Å². The first-order valence-corrected chi connectivity index (χ1v) is 15.9. The van der Waals surface area contributed by atoms with E-state index in [0.717, 1.165) is 30.0 Å². The molecule has 2 atom stereocenters.